The molecule has 0 radical (unpaired) electrons. The van der Waals surface area contributed by atoms with Gasteiger partial charge >= 0.3 is 0 Å². The highest BCUT2D eigenvalue weighted by Gasteiger charge is 1.79. The first-order valence-electron chi connectivity index (χ1n) is 4.10. The third-order valence-electron chi connectivity index (χ3n) is 0.851. The molecule has 0 N–H and O–H groups in total. The smallest absolute Gasteiger partial charge is 0.0563 e. The zero-order valence-electron chi connectivity index (χ0n) is 7.82. The average Bonchev–Trinajstić information content (AvgIpc) is 2.08. The van der Waals surface area contributed by atoms with Gasteiger partial charge in [-0.3, -0.25) is 0 Å². The van der Waals surface area contributed by atoms with Crippen molar-refractivity contribution in [2.24, 2.45) is 0 Å². The van der Waals surface area contributed by atoms with Crippen LogP contribution >= 0.6 is 31.9 Å². The Labute approximate surface area is 92.3 Å². The Morgan fingerprint density at radius 1 is 0.833 bits per heavy atom. The first-order chi connectivity index (χ1) is 5.83. The van der Waals surface area contributed by atoms with Crippen LogP contribution in [0.5, 0.6) is 0 Å². The lowest BCUT2D eigenvalue weighted by molar-refractivity contribution is 0.162. The molecule has 0 aromatic heterocycles. The third kappa shape index (κ3) is 22.4. The molecule has 2 nitrogen and oxygen atoms in total. The van der Waals surface area contributed by atoms with Gasteiger partial charge in [-0.2, -0.15) is 0 Å². The zero-order valence-corrected chi connectivity index (χ0v) is 11.0. The number of halogens is 2. The number of ether oxygens (including phenoxy) is 2. The lowest BCUT2D eigenvalue weighted by atomic mass is 10.8. The van der Waals surface area contributed by atoms with E-state index in [1.165, 1.54) is 0 Å². The lowest BCUT2D eigenvalue weighted by Crippen LogP contribution is -1.97. The quantitative estimate of drug-likeness (QED) is 0.555. The standard InChI is InChI=1S/C4H8Br2O.C4H10O/c5-1-3-7-4-2-6;1-3-5-4-2/h1-4H2;3-4H2,1-2H3. The summed E-state index contributed by atoms with van der Waals surface area (Å²) in [5.41, 5.74) is 0. The third-order valence-corrected chi connectivity index (χ3v) is 1.50. The van der Waals surface area contributed by atoms with Gasteiger partial charge < -0.3 is 9.47 Å². The normalized spacial score (nSPS) is 9.00. The molecule has 0 aromatic carbocycles. The molecular weight excluding hydrogens is 288 g/mol. The summed E-state index contributed by atoms with van der Waals surface area (Å²) in [7, 11) is 0. The molecule has 0 fully saturated rings. The fourth-order valence-corrected chi connectivity index (χ4v) is 0.873. The van der Waals surface area contributed by atoms with Gasteiger partial charge in [0.05, 0.1) is 13.2 Å². The summed E-state index contributed by atoms with van der Waals surface area (Å²) in [6, 6.07) is 0. The summed E-state index contributed by atoms with van der Waals surface area (Å²) >= 11 is 6.48. The van der Waals surface area contributed by atoms with Gasteiger partial charge in [0.2, 0.25) is 0 Å². The van der Waals surface area contributed by atoms with Gasteiger partial charge in [-0.1, -0.05) is 31.9 Å². The van der Waals surface area contributed by atoms with E-state index in [4.69, 9.17) is 9.47 Å². The van der Waals surface area contributed by atoms with Crippen LogP contribution in [-0.2, 0) is 9.47 Å². The Morgan fingerprint density at radius 2 is 1.25 bits per heavy atom. The van der Waals surface area contributed by atoms with Crippen LogP contribution in [0.1, 0.15) is 13.8 Å². The van der Waals surface area contributed by atoms with Crippen LogP contribution in [-0.4, -0.2) is 37.1 Å². The maximum atomic E-state index is 5.04. The Balaban J connectivity index is 0. The van der Waals surface area contributed by atoms with Crippen molar-refractivity contribution in [2.45, 2.75) is 13.8 Å². The lowest BCUT2D eigenvalue weighted by Gasteiger charge is -1.93. The van der Waals surface area contributed by atoms with Crippen molar-refractivity contribution in [1.29, 1.82) is 0 Å². The van der Waals surface area contributed by atoms with Gasteiger partial charge in [0, 0.05) is 23.9 Å². The van der Waals surface area contributed by atoms with Crippen molar-refractivity contribution < 1.29 is 9.47 Å². The summed E-state index contributed by atoms with van der Waals surface area (Å²) in [4.78, 5) is 0. The van der Waals surface area contributed by atoms with E-state index in [0.29, 0.717) is 0 Å². The molecular formula is C8H18Br2O2. The number of hydrogen-bond donors (Lipinski definition) is 0. The molecule has 0 heterocycles. The predicted molar refractivity (Wildman–Crippen MR) is 60.6 cm³/mol. The van der Waals surface area contributed by atoms with E-state index >= 15 is 0 Å². The van der Waals surface area contributed by atoms with Crippen LogP contribution < -0.4 is 0 Å². The molecule has 0 unspecified atom stereocenters. The van der Waals surface area contributed by atoms with Gasteiger partial charge in [0.15, 0.2) is 0 Å². The molecule has 0 saturated heterocycles. The van der Waals surface area contributed by atoms with Crippen molar-refractivity contribution in [3.8, 4) is 0 Å². The largest absolute Gasteiger partial charge is 0.382 e. The fourth-order valence-electron chi connectivity index (χ4n) is 0.415. The highest BCUT2D eigenvalue weighted by Crippen LogP contribution is 1.84. The molecule has 0 aliphatic heterocycles. The number of hydrogen-bond acceptors (Lipinski definition) is 2. The average molecular weight is 306 g/mol. The van der Waals surface area contributed by atoms with Gasteiger partial charge in [-0.05, 0) is 13.8 Å². The van der Waals surface area contributed by atoms with E-state index in [9.17, 15) is 0 Å². The molecule has 0 atom stereocenters. The number of rotatable bonds is 6. The second kappa shape index (κ2) is 17.8. The Bertz CT molecular complexity index is 57.0. The van der Waals surface area contributed by atoms with Crippen LogP contribution in [0.15, 0.2) is 0 Å². The van der Waals surface area contributed by atoms with Gasteiger partial charge in [-0.15, -0.1) is 0 Å². The van der Waals surface area contributed by atoms with Crippen molar-refractivity contribution in [1.82, 2.24) is 0 Å². The minimum Gasteiger partial charge on any atom is -0.382 e. The van der Waals surface area contributed by atoms with Crippen LogP contribution in [0.4, 0.5) is 0 Å². The van der Waals surface area contributed by atoms with Gasteiger partial charge in [0.1, 0.15) is 0 Å². The Morgan fingerprint density at radius 3 is 1.42 bits per heavy atom. The molecule has 4 heteroatoms. The maximum absolute atomic E-state index is 5.04. The summed E-state index contributed by atoms with van der Waals surface area (Å²) in [6.07, 6.45) is 0. The molecule has 0 spiro atoms. The SMILES string of the molecule is BrCCOCCBr.CCOCC. The van der Waals surface area contributed by atoms with Crippen LogP contribution in [0.25, 0.3) is 0 Å². The first kappa shape index (κ1) is 15.4. The highest BCUT2D eigenvalue weighted by atomic mass is 79.9. The number of alkyl halides is 2. The minimum atomic E-state index is 0.811. The van der Waals surface area contributed by atoms with Crippen molar-refractivity contribution in [3.63, 3.8) is 0 Å². The zero-order chi connectivity index (χ0) is 9.66. The Kier molecular flexibility index (Phi) is 22.8. The van der Waals surface area contributed by atoms with Crippen LogP contribution in [0.3, 0.4) is 0 Å². The van der Waals surface area contributed by atoms with E-state index in [1.807, 2.05) is 13.8 Å². The summed E-state index contributed by atoms with van der Waals surface area (Å²) in [5, 5.41) is 1.86. The van der Waals surface area contributed by atoms with E-state index in [-0.39, 0.29) is 0 Å². The van der Waals surface area contributed by atoms with Crippen LogP contribution in [0, 0.1) is 0 Å². The molecule has 0 rings (SSSR count). The molecule has 0 saturated carbocycles. The van der Waals surface area contributed by atoms with Crippen molar-refractivity contribution >= 4 is 31.9 Å². The molecule has 0 aliphatic rings. The summed E-state index contributed by atoms with van der Waals surface area (Å²) in [5.74, 6) is 0. The van der Waals surface area contributed by atoms with Crippen LogP contribution in [0.2, 0.25) is 0 Å². The summed E-state index contributed by atoms with van der Waals surface area (Å²) in [6.45, 7) is 7.29. The van der Waals surface area contributed by atoms with Gasteiger partial charge in [0.25, 0.3) is 0 Å². The molecule has 0 aliphatic carbocycles. The maximum Gasteiger partial charge on any atom is 0.0563 e. The van der Waals surface area contributed by atoms with Gasteiger partial charge in [-0.25, -0.2) is 0 Å². The second-order valence-corrected chi connectivity index (χ2v) is 3.36. The van der Waals surface area contributed by atoms with E-state index in [2.05, 4.69) is 31.9 Å². The van der Waals surface area contributed by atoms with Crippen molar-refractivity contribution in [3.05, 3.63) is 0 Å². The van der Waals surface area contributed by atoms with E-state index in [1.54, 1.807) is 0 Å². The fraction of sp³-hybridized carbons (Fsp3) is 1.00. The monoisotopic (exact) mass is 304 g/mol. The Hall–Kier alpha value is 0.880. The molecule has 0 amide bonds. The highest BCUT2D eigenvalue weighted by molar-refractivity contribution is 9.09. The van der Waals surface area contributed by atoms with Crippen molar-refractivity contribution in [2.75, 3.05) is 37.1 Å². The minimum absolute atomic E-state index is 0.811. The molecule has 76 valence electrons. The molecule has 0 bridgehead atoms. The van der Waals surface area contributed by atoms with E-state index < -0.39 is 0 Å². The first-order valence-corrected chi connectivity index (χ1v) is 6.35. The summed E-state index contributed by atoms with van der Waals surface area (Å²) < 4.78 is 9.87. The molecule has 0 aromatic rings. The predicted octanol–water partition coefficient (Wildman–Crippen LogP) is 2.84. The topological polar surface area (TPSA) is 18.5 Å². The molecule has 12 heavy (non-hydrogen) atoms. The van der Waals surface area contributed by atoms with E-state index in [0.717, 1.165) is 37.1 Å². The second-order valence-electron chi connectivity index (χ2n) is 1.77.